The first kappa shape index (κ1) is 15.6. The summed E-state index contributed by atoms with van der Waals surface area (Å²) in [5.74, 6) is 1.20. The average Bonchev–Trinajstić information content (AvgIpc) is 2.26. The molecule has 1 rings (SSSR count). The van der Waals surface area contributed by atoms with Gasteiger partial charge in [0, 0.05) is 6.54 Å². The van der Waals surface area contributed by atoms with Crippen LogP contribution in [-0.2, 0) is 4.74 Å². The number of nitrogens with one attached hydrogen (secondary N) is 1. The molecule has 0 saturated heterocycles. The first-order chi connectivity index (χ1) is 8.78. The molecule has 0 spiro atoms. The molecule has 3 N–H and O–H groups in total. The second kappa shape index (κ2) is 6.61. The van der Waals surface area contributed by atoms with Crippen molar-refractivity contribution in [1.82, 2.24) is 4.98 Å². The highest BCUT2D eigenvalue weighted by atomic mass is 16.5. The number of nitrogens with zero attached hydrogens (tertiary/aromatic N) is 1. The molecule has 1 heterocycles. The van der Waals surface area contributed by atoms with Gasteiger partial charge in [-0.25, -0.2) is 0 Å². The quantitative estimate of drug-likeness (QED) is 0.775. The summed E-state index contributed by atoms with van der Waals surface area (Å²) in [6, 6.07) is 3.62. The first-order valence-corrected chi connectivity index (χ1v) is 6.59. The third-order valence-electron chi connectivity index (χ3n) is 2.15. The van der Waals surface area contributed by atoms with Crippen molar-refractivity contribution in [3.63, 3.8) is 0 Å². The maximum absolute atomic E-state index is 5.85. The van der Waals surface area contributed by atoms with Crippen molar-refractivity contribution in [3.05, 3.63) is 12.1 Å². The molecule has 0 amide bonds. The summed E-state index contributed by atoms with van der Waals surface area (Å²) in [5.41, 5.74) is 6.07. The van der Waals surface area contributed by atoms with Gasteiger partial charge in [-0.1, -0.05) is 0 Å². The van der Waals surface area contributed by atoms with Gasteiger partial charge in [-0.15, -0.1) is 0 Å². The van der Waals surface area contributed by atoms with Crippen LogP contribution in [0.5, 0.6) is 5.88 Å². The molecule has 5 heteroatoms. The highest BCUT2D eigenvalue weighted by molar-refractivity contribution is 5.53. The Morgan fingerprint density at radius 2 is 2.00 bits per heavy atom. The molecular formula is C14H25N3O2. The number of hydrogen-bond acceptors (Lipinski definition) is 5. The lowest BCUT2D eigenvalue weighted by Gasteiger charge is -2.21. The summed E-state index contributed by atoms with van der Waals surface area (Å²) in [6.45, 7) is 11.2. The lowest BCUT2D eigenvalue weighted by molar-refractivity contribution is 0.0869. The van der Waals surface area contributed by atoms with Gasteiger partial charge in [-0.3, -0.25) is 0 Å². The van der Waals surface area contributed by atoms with E-state index in [-0.39, 0.29) is 11.7 Å². The van der Waals surface area contributed by atoms with Crippen LogP contribution >= 0.6 is 0 Å². The monoisotopic (exact) mass is 267 g/mol. The lowest BCUT2D eigenvalue weighted by atomic mass is 10.2. The predicted octanol–water partition coefficient (Wildman–Crippen LogP) is 2.68. The summed E-state index contributed by atoms with van der Waals surface area (Å²) in [6.07, 6.45) is 0.237. The topological polar surface area (TPSA) is 69.4 Å². The number of ether oxygens (including phenoxy) is 2. The third-order valence-corrected chi connectivity index (χ3v) is 2.15. The zero-order valence-electron chi connectivity index (χ0n) is 12.5. The zero-order chi connectivity index (χ0) is 14.5. The molecule has 0 aliphatic carbocycles. The fourth-order valence-electron chi connectivity index (χ4n) is 1.40. The van der Waals surface area contributed by atoms with Gasteiger partial charge >= 0.3 is 0 Å². The van der Waals surface area contributed by atoms with Gasteiger partial charge < -0.3 is 20.5 Å². The molecule has 0 aliphatic rings. The van der Waals surface area contributed by atoms with Crippen LogP contribution in [0.25, 0.3) is 0 Å². The van der Waals surface area contributed by atoms with Gasteiger partial charge in [-0.2, -0.15) is 4.98 Å². The highest BCUT2D eigenvalue weighted by Crippen LogP contribution is 2.24. The molecule has 0 aromatic carbocycles. The number of hydrogen-bond donors (Lipinski definition) is 2. The lowest BCUT2D eigenvalue weighted by Crippen LogP contribution is -2.24. The molecule has 0 aliphatic heterocycles. The van der Waals surface area contributed by atoms with Crippen LogP contribution in [0.15, 0.2) is 12.1 Å². The van der Waals surface area contributed by atoms with Gasteiger partial charge in [0.2, 0.25) is 5.88 Å². The Bertz CT molecular complexity index is 400. The largest absolute Gasteiger partial charge is 0.470 e. The molecule has 0 radical (unpaired) electrons. The number of anilines is 2. The fourth-order valence-corrected chi connectivity index (χ4v) is 1.40. The Labute approximate surface area is 115 Å². The Morgan fingerprint density at radius 1 is 1.32 bits per heavy atom. The number of aromatic nitrogens is 1. The van der Waals surface area contributed by atoms with E-state index in [1.165, 1.54) is 0 Å². The van der Waals surface area contributed by atoms with Crippen LogP contribution in [-0.4, -0.2) is 29.8 Å². The van der Waals surface area contributed by atoms with E-state index in [1.807, 2.05) is 40.7 Å². The number of nitrogen functional groups attached to an aromatic ring is 1. The average molecular weight is 267 g/mol. The van der Waals surface area contributed by atoms with E-state index in [9.17, 15) is 0 Å². The minimum Gasteiger partial charge on any atom is -0.470 e. The fraction of sp³-hybridized carbons (Fsp3) is 0.643. The van der Waals surface area contributed by atoms with Crippen molar-refractivity contribution in [2.75, 3.05) is 24.2 Å². The second-order valence-electron chi connectivity index (χ2n) is 5.65. The van der Waals surface area contributed by atoms with Crippen LogP contribution in [0.3, 0.4) is 0 Å². The van der Waals surface area contributed by atoms with E-state index in [2.05, 4.69) is 10.3 Å². The smallest absolute Gasteiger partial charge is 0.239 e. The number of pyridine rings is 1. The Balaban J connectivity index is 2.58. The molecule has 1 aromatic heterocycles. The molecule has 0 fully saturated rings. The standard InChI is InChI=1S/C14H25N3O2/c1-10(2)18-9-8-16-12-7-6-11(15)13(17-12)19-14(3,4)5/h6-7,10H,8-9,15H2,1-5H3,(H,16,17). The van der Waals surface area contributed by atoms with E-state index >= 15 is 0 Å². The van der Waals surface area contributed by atoms with Crippen LogP contribution in [0.2, 0.25) is 0 Å². The highest BCUT2D eigenvalue weighted by Gasteiger charge is 2.15. The zero-order valence-corrected chi connectivity index (χ0v) is 12.5. The minimum absolute atomic E-state index is 0.237. The molecule has 0 saturated carbocycles. The predicted molar refractivity (Wildman–Crippen MR) is 78.6 cm³/mol. The molecule has 0 bridgehead atoms. The normalized spacial score (nSPS) is 11.7. The summed E-state index contributed by atoms with van der Waals surface area (Å²) < 4.78 is 11.2. The molecule has 1 aromatic rings. The van der Waals surface area contributed by atoms with E-state index < -0.39 is 0 Å². The van der Waals surface area contributed by atoms with E-state index in [0.29, 0.717) is 24.7 Å². The first-order valence-electron chi connectivity index (χ1n) is 6.59. The number of nitrogens with two attached hydrogens (primary N) is 1. The molecule has 108 valence electrons. The summed E-state index contributed by atoms with van der Waals surface area (Å²) in [5, 5.41) is 3.18. The van der Waals surface area contributed by atoms with Crippen molar-refractivity contribution < 1.29 is 9.47 Å². The van der Waals surface area contributed by atoms with Gasteiger partial charge in [0.25, 0.3) is 0 Å². The third kappa shape index (κ3) is 6.29. The molecule has 5 nitrogen and oxygen atoms in total. The van der Waals surface area contributed by atoms with Crippen LogP contribution in [0.4, 0.5) is 11.5 Å². The van der Waals surface area contributed by atoms with Crippen molar-refractivity contribution in [2.45, 2.75) is 46.3 Å². The van der Waals surface area contributed by atoms with Crippen molar-refractivity contribution >= 4 is 11.5 Å². The summed E-state index contributed by atoms with van der Waals surface area (Å²) in [4.78, 5) is 4.36. The SMILES string of the molecule is CC(C)OCCNc1ccc(N)c(OC(C)(C)C)n1. The van der Waals surface area contributed by atoms with Gasteiger partial charge in [0.15, 0.2) is 0 Å². The molecular weight excluding hydrogens is 242 g/mol. The molecule has 0 unspecified atom stereocenters. The van der Waals surface area contributed by atoms with E-state index in [4.69, 9.17) is 15.2 Å². The summed E-state index contributed by atoms with van der Waals surface area (Å²) >= 11 is 0. The molecule has 0 atom stereocenters. The van der Waals surface area contributed by atoms with Gasteiger partial charge in [0.05, 0.1) is 18.4 Å². The number of rotatable bonds is 6. The summed E-state index contributed by atoms with van der Waals surface area (Å²) in [7, 11) is 0. The van der Waals surface area contributed by atoms with E-state index in [0.717, 1.165) is 5.82 Å². The van der Waals surface area contributed by atoms with Gasteiger partial charge in [0.1, 0.15) is 11.4 Å². The van der Waals surface area contributed by atoms with Crippen LogP contribution in [0, 0.1) is 0 Å². The molecule has 19 heavy (non-hydrogen) atoms. The van der Waals surface area contributed by atoms with Crippen LogP contribution < -0.4 is 15.8 Å². The van der Waals surface area contributed by atoms with E-state index in [1.54, 1.807) is 6.07 Å². The Kier molecular flexibility index (Phi) is 5.42. The Morgan fingerprint density at radius 3 is 2.58 bits per heavy atom. The maximum Gasteiger partial charge on any atom is 0.239 e. The second-order valence-corrected chi connectivity index (χ2v) is 5.65. The van der Waals surface area contributed by atoms with Crippen LogP contribution in [0.1, 0.15) is 34.6 Å². The Hall–Kier alpha value is -1.49. The van der Waals surface area contributed by atoms with Crippen molar-refractivity contribution in [1.29, 1.82) is 0 Å². The maximum atomic E-state index is 5.85. The van der Waals surface area contributed by atoms with Gasteiger partial charge in [-0.05, 0) is 46.8 Å². The minimum atomic E-state index is -0.319. The van der Waals surface area contributed by atoms with Crippen molar-refractivity contribution in [2.24, 2.45) is 0 Å². The van der Waals surface area contributed by atoms with Crippen molar-refractivity contribution in [3.8, 4) is 5.88 Å².